The Bertz CT molecular complexity index is 945. The van der Waals surface area contributed by atoms with Crippen LogP contribution >= 0.6 is 0 Å². The molecule has 1 aliphatic carbocycles. The van der Waals surface area contributed by atoms with Crippen molar-refractivity contribution in [3.63, 3.8) is 0 Å². The van der Waals surface area contributed by atoms with Crippen LogP contribution in [-0.2, 0) is 16.0 Å². The van der Waals surface area contributed by atoms with Crippen molar-refractivity contribution in [3.8, 4) is 11.1 Å². The molecule has 3 nitrogen and oxygen atoms in total. The van der Waals surface area contributed by atoms with Crippen molar-refractivity contribution in [3.05, 3.63) is 53.8 Å². The molecule has 29 heavy (non-hydrogen) atoms. The van der Waals surface area contributed by atoms with Crippen LogP contribution in [0.1, 0.15) is 37.7 Å². The molecule has 0 unspecified atom stereocenters. The fourth-order valence-electron chi connectivity index (χ4n) is 3.64. The minimum Gasteiger partial charge on any atom is -0.393 e. The molecule has 1 fully saturated rings. The maximum absolute atomic E-state index is 14.5. The molecule has 0 saturated heterocycles. The van der Waals surface area contributed by atoms with Crippen LogP contribution in [0, 0.1) is 11.7 Å². The average Bonchev–Trinajstić information content (AvgIpc) is 2.67. The first-order valence-corrected chi connectivity index (χ1v) is 11.1. The lowest BCUT2D eigenvalue weighted by Gasteiger charge is -2.25. The molecule has 2 aromatic rings. The van der Waals surface area contributed by atoms with Gasteiger partial charge in [-0.3, -0.25) is 0 Å². The van der Waals surface area contributed by atoms with Gasteiger partial charge in [-0.05, 0) is 67.9 Å². The van der Waals surface area contributed by atoms with Crippen LogP contribution in [-0.4, -0.2) is 25.4 Å². The summed E-state index contributed by atoms with van der Waals surface area (Å²) in [4.78, 5) is -0.137. The number of rotatable bonds is 5. The van der Waals surface area contributed by atoms with Crippen LogP contribution in [0.15, 0.2) is 47.4 Å². The van der Waals surface area contributed by atoms with Gasteiger partial charge in [0.05, 0.1) is 22.3 Å². The molecule has 0 spiro atoms. The Morgan fingerprint density at radius 1 is 0.966 bits per heavy atom. The van der Waals surface area contributed by atoms with Gasteiger partial charge in [-0.1, -0.05) is 18.2 Å². The Hall–Kier alpha value is -1.93. The first kappa shape index (κ1) is 21.8. The van der Waals surface area contributed by atoms with Gasteiger partial charge in [0.2, 0.25) is 0 Å². The van der Waals surface area contributed by atoms with Gasteiger partial charge in [-0.2, -0.15) is 13.2 Å². The van der Waals surface area contributed by atoms with Crippen molar-refractivity contribution in [1.82, 2.24) is 0 Å². The van der Waals surface area contributed by atoms with Gasteiger partial charge < -0.3 is 5.11 Å². The predicted molar refractivity (Wildman–Crippen MR) is 101 cm³/mol. The van der Waals surface area contributed by atoms with Gasteiger partial charge in [0, 0.05) is 5.56 Å². The summed E-state index contributed by atoms with van der Waals surface area (Å²) in [7, 11) is -3.67. The molecule has 1 N–H and O–H groups in total. The summed E-state index contributed by atoms with van der Waals surface area (Å²) in [5.74, 6) is -0.677. The first-order valence-electron chi connectivity index (χ1n) is 9.44. The summed E-state index contributed by atoms with van der Waals surface area (Å²) >= 11 is 0. The topological polar surface area (TPSA) is 54.4 Å². The van der Waals surface area contributed by atoms with Gasteiger partial charge >= 0.3 is 6.18 Å². The number of sulfone groups is 1. The van der Waals surface area contributed by atoms with Crippen LogP contribution in [0.25, 0.3) is 11.1 Å². The SMILES string of the molecule is O=S(=O)(CCC1CCC(O)CC1)c1ccc(-c2ccc(C(F)(F)F)cc2)c(F)c1. The van der Waals surface area contributed by atoms with E-state index >= 15 is 0 Å². The minimum absolute atomic E-state index is 0.0407. The van der Waals surface area contributed by atoms with Crippen LogP contribution in [0.4, 0.5) is 17.6 Å². The van der Waals surface area contributed by atoms with E-state index in [1.54, 1.807) is 0 Å². The fraction of sp³-hybridized carbons (Fsp3) is 0.429. The highest BCUT2D eigenvalue weighted by Crippen LogP contribution is 2.33. The molecule has 158 valence electrons. The van der Waals surface area contributed by atoms with Crippen LogP contribution in [0.5, 0.6) is 0 Å². The van der Waals surface area contributed by atoms with Crippen molar-refractivity contribution < 1.29 is 31.1 Å². The monoisotopic (exact) mass is 430 g/mol. The summed E-state index contributed by atoms with van der Waals surface area (Å²) in [5, 5.41) is 9.52. The lowest BCUT2D eigenvalue weighted by Crippen LogP contribution is -2.20. The number of benzene rings is 2. The molecule has 1 aliphatic rings. The number of aliphatic hydroxyl groups is 1. The largest absolute Gasteiger partial charge is 0.416 e. The maximum Gasteiger partial charge on any atom is 0.416 e. The number of alkyl halides is 3. The predicted octanol–water partition coefficient (Wildman–Crippen LogP) is 5.23. The second-order valence-electron chi connectivity index (χ2n) is 7.50. The Morgan fingerprint density at radius 2 is 1.59 bits per heavy atom. The third-order valence-electron chi connectivity index (χ3n) is 5.43. The molecule has 8 heteroatoms. The standard InChI is InChI=1S/C21H22F4O3S/c22-20-13-18(29(27,28)12-11-14-1-7-17(26)8-2-14)9-10-19(20)15-3-5-16(6-4-15)21(23,24)25/h3-6,9-10,13-14,17,26H,1-2,7-8,11-12H2. The van der Waals surface area contributed by atoms with Crippen molar-refractivity contribution in [2.45, 2.75) is 49.3 Å². The Morgan fingerprint density at radius 3 is 2.14 bits per heavy atom. The molecule has 3 rings (SSSR count). The van der Waals surface area contributed by atoms with E-state index in [2.05, 4.69) is 0 Å². The van der Waals surface area contributed by atoms with E-state index in [0.717, 1.165) is 43.2 Å². The van der Waals surface area contributed by atoms with E-state index in [1.807, 2.05) is 0 Å². The molecule has 0 radical (unpaired) electrons. The maximum atomic E-state index is 14.5. The number of hydrogen-bond acceptors (Lipinski definition) is 3. The van der Waals surface area contributed by atoms with Crippen molar-refractivity contribution in [2.75, 3.05) is 5.75 Å². The third kappa shape index (κ3) is 5.36. The molecule has 0 bridgehead atoms. The van der Waals surface area contributed by atoms with Crippen molar-refractivity contribution in [2.24, 2.45) is 5.92 Å². The first-order chi connectivity index (χ1) is 13.6. The zero-order valence-electron chi connectivity index (χ0n) is 15.6. The molecule has 0 heterocycles. The molecule has 1 saturated carbocycles. The van der Waals surface area contributed by atoms with Crippen molar-refractivity contribution in [1.29, 1.82) is 0 Å². The Balaban J connectivity index is 1.73. The summed E-state index contributed by atoms with van der Waals surface area (Å²) in [6, 6.07) is 7.53. The normalized spacial score (nSPS) is 20.6. The number of hydrogen-bond donors (Lipinski definition) is 1. The molecule has 0 atom stereocenters. The summed E-state index contributed by atoms with van der Waals surface area (Å²) < 4.78 is 77.6. The fourth-order valence-corrected chi connectivity index (χ4v) is 5.07. The van der Waals surface area contributed by atoms with E-state index in [4.69, 9.17) is 0 Å². The van der Waals surface area contributed by atoms with Gasteiger partial charge in [-0.15, -0.1) is 0 Å². The van der Waals surface area contributed by atoms with Gasteiger partial charge in [-0.25, -0.2) is 12.8 Å². The van der Waals surface area contributed by atoms with Crippen LogP contribution < -0.4 is 0 Å². The number of halogens is 4. The van der Waals surface area contributed by atoms with E-state index in [1.165, 1.54) is 12.1 Å². The summed E-state index contributed by atoms with van der Waals surface area (Å²) in [6.07, 6.45) is -1.45. The molecule has 2 aromatic carbocycles. The quantitative estimate of drug-likeness (QED) is 0.661. The van der Waals surface area contributed by atoms with Crippen LogP contribution in [0.3, 0.4) is 0 Å². The average molecular weight is 430 g/mol. The third-order valence-corrected chi connectivity index (χ3v) is 7.18. The van der Waals surface area contributed by atoms with Gasteiger partial charge in [0.15, 0.2) is 9.84 Å². The summed E-state index contributed by atoms with van der Waals surface area (Å²) in [5.41, 5.74) is -0.560. The Labute approximate surface area is 167 Å². The zero-order chi connectivity index (χ0) is 21.2. The van der Waals surface area contributed by atoms with E-state index in [0.29, 0.717) is 19.3 Å². The van der Waals surface area contributed by atoms with Crippen molar-refractivity contribution >= 4 is 9.84 Å². The Kier molecular flexibility index (Phi) is 6.33. The van der Waals surface area contributed by atoms with E-state index in [-0.39, 0.29) is 33.8 Å². The highest BCUT2D eigenvalue weighted by Gasteiger charge is 2.30. The second kappa shape index (κ2) is 8.44. The molecular formula is C21H22F4O3S. The summed E-state index contributed by atoms with van der Waals surface area (Å²) in [6.45, 7) is 0. The lowest BCUT2D eigenvalue weighted by atomic mass is 9.86. The van der Waals surface area contributed by atoms with E-state index < -0.39 is 27.4 Å². The highest BCUT2D eigenvalue weighted by molar-refractivity contribution is 7.91. The van der Waals surface area contributed by atoms with Crippen LogP contribution in [0.2, 0.25) is 0 Å². The smallest absolute Gasteiger partial charge is 0.393 e. The lowest BCUT2D eigenvalue weighted by molar-refractivity contribution is -0.137. The second-order valence-corrected chi connectivity index (χ2v) is 9.61. The van der Waals surface area contributed by atoms with E-state index in [9.17, 15) is 31.1 Å². The zero-order valence-corrected chi connectivity index (χ0v) is 16.4. The highest BCUT2D eigenvalue weighted by atomic mass is 32.2. The minimum atomic E-state index is -4.48. The molecule has 0 amide bonds. The molecular weight excluding hydrogens is 408 g/mol. The number of aliphatic hydroxyl groups excluding tert-OH is 1. The van der Waals surface area contributed by atoms with Gasteiger partial charge in [0.25, 0.3) is 0 Å². The molecule has 0 aliphatic heterocycles. The van der Waals surface area contributed by atoms with Gasteiger partial charge in [0.1, 0.15) is 5.82 Å². The molecule has 0 aromatic heterocycles.